The summed E-state index contributed by atoms with van der Waals surface area (Å²) >= 11 is 0. The Balaban J connectivity index is 1.28. The maximum atomic E-state index is 13.2. The van der Waals surface area contributed by atoms with Crippen molar-refractivity contribution < 1.29 is 13.2 Å². The van der Waals surface area contributed by atoms with Crippen molar-refractivity contribution in [2.75, 3.05) is 25.0 Å². The average Bonchev–Trinajstić information content (AvgIpc) is 3.31. The summed E-state index contributed by atoms with van der Waals surface area (Å²) in [6, 6.07) is 13.5. The highest BCUT2D eigenvalue weighted by atomic mass is 19.4. The van der Waals surface area contributed by atoms with Crippen LogP contribution in [0.5, 0.6) is 0 Å². The van der Waals surface area contributed by atoms with Crippen LogP contribution >= 0.6 is 0 Å². The third kappa shape index (κ3) is 5.16. The summed E-state index contributed by atoms with van der Waals surface area (Å²) in [5, 5.41) is 13.1. The molecule has 4 aromatic rings. The highest BCUT2D eigenvalue weighted by Crippen LogP contribution is 2.34. The lowest BCUT2D eigenvalue weighted by molar-refractivity contribution is -0.137. The first-order valence-corrected chi connectivity index (χ1v) is 11.7. The van der Waals surface area contributed by atoms with Crippen LogP contribution in [0.15, 0.2) is 55.0 Å². The summed E-state index contributed by atoms with van der Waals surface area (Å²) < 4.78 is 39.7. The van der Waals surface area contributed by atoms with Gasteiger partial charge in [0, 0.05) is 36.4 Å². The summed E-state index contributed by atoms with van der Waals surface area (Å²) in [4.78, 5) is 17.9. The molecule has 0 aliphatic carbocycles. The lowest BCUT2D eigenvalue weighted by Crippen LogP contribution is -2.35. The number of aromatic amines is 1. The third-order valence-electron chi connectivity index (χ3n) is 6.53. The maximum absolute atomic E-state index is 13.2. The normalized spacial score (nSPS) is 15.2. The van der Waals surface area contributed by atoms with Gasteiger partial charge in [0.2, 0.25) is 5.95 Å². The molecule has 10 heteroatoms. The molecule has 3 aromatic heterocycles. The number of rotatable bonds is 6. The number of aromatic nitrogens is 4. The van der Waals surface area contributed by atoms with Gasteiger partial charge in [-0.05, 0) is 43.5 Å². The van der Waals surface area contributed by atoms with Gasteiger partial charge in [0.05, 0.1) is 23.0 Å². The first kappa shape index (κ1) is 23.8. The molecular weight excluding hydrogens is 467 g/mol. The second-order valence-corrected chi connectivity index (χ2v) is 8.97. The number of H-pyrrole nitrogens is 1. The molecule has 1 aliphatic rings. The largest absolute Gasteiger partial charge is 0.417 e. The lowest BCUT2D eigenvalue weighted by Gasteiger charge is -2.32. The Labute approximate surface area is 206 Å². The van der Waals surface area contributed by atoms with Crippen LogP contribution in [0.1, 0.15) is 29.5 Å². The zero-order valence-corrected chi connectivity index (χ0v) is 19.4. The maximum Gasteiger partial charge on any atom is 0.417 e. The molecule has 0 unspecified atom stereocenters. The summed E-state index contributed by atoms with van der Waals surface area (Å²) in [6.07, 6.45) is 1.25. The Bertz CT molecular complexity index is 1380. The number of piperidine rings is 1. The van der Waals surface area contributed by atoms with Crippen LogP contribution in [-0.4, -0.2) is 44.5 Å². The average molecular weight is 492 g/mol. The quantitative estimate of drug-likeness (QED) is 0.383. The zero-order chi connectivity index (χ0) is 25.1. The lowest BCUT2D eigenvalue weighted by atomic mass is 9.96. The fraction of sp³-hybridized carbons (Fsp3) is 0.308. The molecule has 5 rings (SSSR count). The van der Waals surface area contributed by atoms with Crippen molar-refractivity contribution in [2.24, 2.45) is 5.92 Å². The van der Waals surface area contributed by atoms with Gasteiger partial charge in [-0.25, -0.2) is 15.0 Å². The number of pyridine rings is 1. The fourth-order valence-corrected chi connectivity index (χ4v) is 4.53. The molecule has 2 N–H and O–H groups in total. The Kier molecular flexibility index (Phi) is 6.57. The van der Waals surface area contributed by atoms with Crippen LogP contribution in [-0.2, 0) is 12.7 Å². The van der Waals surface area contributed by atoms with Gasteiger partial charge in [0.1, 0.15) is 11.7 Å². The minimum Gasteiger partial charge on any atom is -0.354 e. The second-order valence-electron chi connectivity index (χ2n) is 8.97. The minimum atomic E-state index is -4.52. The van der Waals surface area contributed by atoms with Gasteiger partial charge >= 0.3 is 6.18 Å². The monoisotopic (exact) mass is 491 g/mol. The van der Waals surface area contributed by atoms with Crippen molar-refractivity contribution in [1.29, 1.82) is 5.26 Å². The molecular formula is C26H24F3N7. The van der Waals surface area contributed by atoms with E-state index in [4.69, 9.17) is 0 Å². The van der Waals surface area contributed by atoms with E-state index in [0.717, 1.165) is 44.7 Å². The van der Waals surface area contributed by atoms with Crippen molar-refractivity contribution >= 4 is 17.0 Å². The highest BCUT2D eigenvalue weighted by Gasteiger charge is 2.31. The number of fused-ring (bicyclic) bond motifs is 1. The summed E-state index contributed by atoms with van der Waals surface area (Å²) in [7, 11) is 0. The van der Waals surface area contributed by atoms with Crippen LogP contribution in [0.4, 0.5) is 19.1 Å². The van der Waals surface area contributed by atoms with E-state index in [1.54, 1.807) is 0 Å². The van der Waals surface area contributed by atoms with Crippen LogP contribution in [0.25, 0.3) is 22.3 Å². The summed E-state index contributed by atoms with van der Waals surface area (Å²) in [6.45, 7) is 3.63. The Hall–Kier alpha value is -3.97. The van der Waals surface area contributed by atoms with E-state index < -0.39 is 11.7 Å². The van der Waals surface area contributed by atoms with E-state index >= 15 is 0 Å². The van der Waals surface area contributed by atoms with Crippen molar-refractivity contribution in [3.63, 3.8) is 0 Å². The van der Waals surface area contributed by atoms with E-state index in [2.05, 4.69) is 54.4 Å². The molecule has 1 fully saturated rings. The number of benzene rings is 1. The first-order chi connectivity index (χ1) is 17.4. The van der Waals surface area contributed by atoms with E-state index in [1.807, 2.05) is 12.1 Å². The number of nitrogens with one attached hydrogen (secondary N) is 2. The van der Waals surface area contributed by atoms with Gasteiger partial charge in [-0.2, -0.15) is 18.4 Å². The Morgan fingerprint density at radius 2 is 1.89 bits per heavy atom. The number of halogens is 3. The summed E-state index contributed by atoms with van der Waals surface area (Å²) in [5.41, 5.74) is 1.55. The smallest absolute Gasteiger partial charge is 0.354 e. The fourth-order valence-electron chi connectivity index (χ4n) is 4.53. The number of hydrogen-bond acceptors (Lipinski definition) is 6. The van der Waals surface area contributed by atoms with Gasteiger partial charge in [0.15, 0.2) is 0 Å². The number of hydrogen-bond donors (Lipinski definition) is 2. The number of alkyl halides is 3. The van der Waals surface area contributed by atoms with Crippen LogP contribution in [0.2, 0.25) is 0 Å². The summed E-state index contributed by atoms with van der Waals surface area (Å²) in [5.74, 6) is 0.788. The van der Waals surface area contributed by atoms with Crippen molar-refractivity contribution in [3.8, 4) is 17.3 Å². The van der Waals surface area contributed by atoms with Gasteiger partial charge in [-0.3, -0.25) is 4.90 Å². The molecule has 0 bridgehead atoms. The molecule has 0 atom stereocenters. The molecule has 184 valence electrons. The molecule has 1 aliphatic heterocycles. The van der Waals surface area contributed by atoms with Crippen molar-refractivity contribution in [3.05, 3.63) is 71.7 Å². The number of anilines is 1. The zero-order valence-electron chi connectivity index (χ0n) is 19.4. The molecule has 0 amide bonds. The van der Waals surface area contributed by atoms with Gasteiger partial charge in [-0.1, -0.05) is 30.3 Å². The molecule has 1 saturated heterocycles. The predicted molar refractivity (Wildman–Crippen MR) is 130 cm³/mol. The highest BCUT2D eigenvalue weighted by molar-refractivity contribution is 5.94. The molecule has 7 nitrogen and oxygen atoms in total. The molecule has 4 heterocycles. The number of likely N-dealkylation sites (tertiary alicyclic amines) is 1. The van der Waals surface area contributed by atoms with Crippen molar-refractivity contribution in [2.45, 2.75) is 25.6 Å². The van der Waals surface area contributed by atoms with Crippen LogP contribution in [0.3, 0.4) is 0 Å². The molecule has 0 radical (unpaired) electrons. The van der Waals surface area contributed by atoms with Crippen LogP contribution in [0, 0.1) is 17.2 Å². The van der Waals surface area contributed by atoms with Gasteiger partial charge in [-0.15, -0.1) is 0 Å². The van der Waals surface area contributed by atoms with E-state index in [-0.39, 0.29) is 22.3 Å². The SMILES string of the molecule is N#Cc1cnc(NCC2CCN(Cc3ccccc3)CC2)nc1-c1c[nH]c2ncc(C(F)(F)F)cc12. The first-order valence-electron chi connectivity index (χ1n) is 11.7. The molecule has 36 heavy (non-hydrogen) atoms. The topological polar surface area (TPSA) is 93.5 Å². The Morgan fingerprint density at radius 3 is 2.61 bits per heavy atom. The van der Waals surface area contributed by atoms with Gasteiger partial charge in [0.25, 0.3) is 0 Å². The molecule has 1 aromatic carbocycles. The third-order valence-corrected chi connectivity index (χ3v) is 6.53. The van der Waals surface area contributed by atoms with E-state index in [1.165, 1.54) is 18.0 Å². The van der Waals surface area contributed by atoms with Crippen molar-refractivity contribution in [1.82, 2.24) is 24.8 Å². The van der Waals surface area contributed by atoms with E-state index in [0.29, 0.717) is 24.0 Å². The molecule has 0 saturated carbocycles. The van der Waals surface area contributed by atoms with Gasteiger partial charge < -0.3 is 10.3 Å². The van der Waals surface area contributed by atoms with E-state index in [9.17, 15) is 18.4 Å². The number of nitrogens with zero attached hydrogens (tertiary/aromatic N) is 5. The number of nitriles is 1. The predicted octanol–water partition coefficient (Wildman–Crippen LogP) is 5.23. The Morgan fingerprint density at radius 1 is 1.11 bits per heavy atom. The van der Waals surface area contributed by atoms with Crippen LogP contribution < -0.4 is 5.32 Å². The standard InChI is InChI=1S/C26H24F3N7/c27-26(28,29)20-10-21-22(15-32-24(21)31-14-20)23-19(11-30)13-34-25(35-23)33-12-17-6-8-36(9-7-17)16-18-4-2-1-3-5-18/h1-5,10,13-15,17H,6-9,12,16H2,(H,31,32)(H,33,34,35). The second kappa shape index (κ2) is 9.95. The molecule has 0 spiro atoms. The minimum absolute atomic E-state index is 0.174.